The number of nitrogens with zero attached hydrogens (tertiary/aromatic N) is 2. The Morgan fingerprint density at radius 3 is 1.10 bits per heavy atom. The molecule has 1 unspecified atom stereocenters. The second-order valence-electron chi connectivity index (χ2n) is 22.8. The highest BCUT2D eigenvalue weighted by Gasteiger charge is 2.35. The Morgan fingerprint density at radius 1 is 0.304 bits per heavy atom. The summed E-state index contributed by atoms with van der Waals surface area (Å²) < 4.78 is 84.2. The van der Waals surface area contributed by atoms with Crippen molar-refractivity contribution in [2.75, 3.05) is 9.80 Å². The van der Waals surface area contributed by atoms with Gasteiger partial charge in [0.05, 0.1) is 27.3 Å². The summed E-state index contributed by atoms with van der Waals surface area (Å²) in [6.45, 7) is 13.7. The molecule has 0 bridgehead atoms. The number of anilines is 6. The molecule has 12 rings (SSSR count). The zero-order chi connectivity index (χ0) is 55.2. The minimum atomic E-state index is -4.51. The summed E-state index contributed by atoms with van der Waals surface area (Å²) in [5.41, 5.74) is 10.3. The van der Waals surface area contributed by atoms with Crippen molar-refractivity contribution >= 4 is 93.0 Å². The van der Waals surface area contributed by atoms with Crippen molar-refractivity contribution in [3.63, 3.8) is 0 Å². The third kappa shape index (κ3) is 9.50. The van der Waals surface area contributed by atoms with E-state index in [1.165, 1.54) is 38.7 Å². The van der Waals surface area contributed by atoms with E-state index in [0.717, 1.165) is 102 Å². The number of rotatable bonds is 10. The van der Waals surface area contributed by atoms with Crippen LogP contribution in [-0.4, -0.2) is 16.1 Å². The van der Waals surface area contributed by atoms with Gasteiger partial charge in [-0.15, -0.1) is 0 Å². The highest BCUT2D eigenvalue weighted by Crippen LogP contribution is 2.54. The molecule has 0 saturated heterocycles. The van der Waals surface area contributed by atoms with Crippen LogP contribution >= 0.6 is 0 Å². The quantitative estimate of drug-likeness (QED) is 0.0765. The van der Waals surface area contributed by atoms with E-state index in [0.29, 0.717) is 11.4 Å². The molecular formula is C69H56F6N2Si2. The fourth-order valence-corrected chi connectivity index (χ4v) is 14.0. The molecular weight excluding hydrogens is 1030 g/mol. The summed E-state index contributed by atoms with van der Waals surface area (Å²) in [5, 5.41) is 9.52. The maximum Gasteiger partial charge on any atom is 0.416 e. The minimum absolute atomic E-state index is 0.285. The van der Waals surface area contributed by atoms with Crippen LogP contribution in [0.1, 0.15) is 33.7 Å². The normalized spacial score (nSPS) is 13.7. The molecule has 79 heavy (non-hydrogen) atoms. The molecule has 10 heteroatoms. The second kappa shape index (κ2) is 19.3. The fourth-order valence-electron chi connectivity index (χ4n) is 11.6. The minimum Gasteiger partial charge on any atom is -0.311 e. The van der Waals surface area contributed by atoms with Crippen LogP contribution in [0.15, 0.2) is 224 Å². The fraction of sp³-hybridized carbons (Fsp3) is 0.130. The van der Waals surface area contributed by atoms with Crippen molar-refractivity contribution in [3.8, 4) is 22.3 Å². The summed E-state index contributed by atoms with van der Waals surface area (Å²) in [6.07, 6.45) is -9.00. The second-order valence-corrected chi connectivity index (χ2v) is 32.9. The number of halogens is 6. The molecule has 0 amide bonds. The number of fused-ring (bicyclic) bond motifs is 9. The molecule has 2 nitrogen and oxygen atoms in total. The first-order valence-electron chi connectivity index (χ1n) is 26.6. The lowest BCUT2D eigenvalue weighted by molar-refractivity contribution is -0.138. The molecule has 1 atom stereocenters. The number of alkyl halides is 6. The Labute approximate surface area is 458 Å². The Balaban J connectivity index is 1.08. The molecule has 0 spiro atoms. The lowest BCUT2D eigenvalue weighted by atomic mass is 9.82. The summed E-state index contributed by atoms with van der Waals surface area (Å²) in [7, 11) is -3.40. The summed E-state index contributed by atoms with van der Waals surface area (Å²) in [6, 6.07) is 72.5. The molecule has 0 N–H and O–H groups in total. The molecule has 0 aliphatic heterocycles. The first kappa shape index (κ1) is 51.6. The van der Waals surface area contributed by atoms with Crippen LogP contribution in [0.5, 0.6) is 0 Å². The Morgan fingerprint density at radius 2 is 0.658 bits per heavy atom. The molecule has 0 radical (unpaired) electrons. The third-order valence-electron chi connectivity index (χ3n) is 15.7. The van der Waals surface area contributed by atoms with Gasteiger partial charge in [-0.2, -0.15) is 26.3 Å². The highest BCUT2D eigenvalue weighted by molar-refractivity contribution is 6.89. The smallest absolute Gasteiger partial charge is 0.311 e. The van der Waals surface area contributed by atoms with Crippen molar-refractivity contribution in [2.45, 2.75) is 57.6 Å². The molecule has 1 aliphatic carbocycles. The predicted molar refractivity (Wildman–Crippen MR) is 323 cm³/mol. The van der Waals surface area contributed by atoms with Gasteiger partial charge in [0.1, 0.15) is 0 Å². The van der Waals surface area contributed by atoms with Crippen LogP contribution in [0.25, 0.3) is 54.6 Å². The van der Waals surface area contributed by atoms with E-state index in [1.54, 1.807) is 12.1 Å². The monoisotopic (exact) mass is 1080 g/mol. The lowest BCUT2D eigenvalue weighted by Gasteiger charge is -2.29. The van der Waals surface area contributed by atoms with Gasteiger partial charge >= 0.3 is 12.4 Å². The van der Waals surface area contributed by atoms with E-state index in [9.17, 15) is 26.3 Å². The van der Waals surface area contributed by atoms with E-state index in [2.05, 4.69) is 185 Å². The first-order valence-corrected chi connectivity index (χ1v) is 33.6. The standard InChI is InChI=1S/C69H56F6N2Si2/c1-78(2,3)53-36-31-50(32-37-53)76(48-27-21-45(22-28-48)68(70,71)72)47-25-19-44(20-26-47)55-40-35-52(77(49-29-23-46(24-30-49)69(73,74)75)51-33-38-54(39-34-51)79(4,5)6)41-65(55)67-61-18-12-11-17-60(61)64-42-62-58-15-9-7-13-56(58)57-14-8-10-16-59(57)63(62)43-66(64)67/h7-43,67H,1-6H3. The molecule has 0 fully saturated rings. The van der Waals surface area contributed by atoms with Crippen molar-refractivity contribution in [3.05, 3.63) is 252 Å². The van der Waals surface area contributed by atoms with Crippen molar-refractivity contribution in [1.82, 2.24) is 0 Å². The van der Waals surface area contributed by atoms with Crippen LogP contribution in [0.3, 0.4) is 0 Å². The van der Waals surface area contributed by atoms with E-state index in [-0.39, 0.29) is 5.92 Å². The van der Waals surface area contributed by atoms with Gasteiger partial charge in [0, 0.05) is 40.0 Å². The van der Waals surface area contributed by atoms with Crippen LogP contribution < -0.4 is 20.2 Å². The maximum absolute atomic E-state index is 14.2. The Bertz CT molecular complexity index is 3990. The van der Waals surface area contributed by atoms with Crippen molar-refractivity contribution < 1.29 is 26.3 Å². The topological polar surface area (TPSA) is 6.48 Å². The van der Waals surface area contributed by atoms with Gasteiger partial charge in [0.25, 0.3) is 0 Å². The third-order valence-corrected chi connectivity index (χ3v) is 19.8. The van der Waals surface area contributed by atoms with Gasteiger partial charge < -0.3 is 9.80 Å². The van der Waals surface area contributed by atoms with Gasteiger partial charge in [-0.25, -0.2) is 0 Å². The van der Waals surface area contributed by atoms with Crippen LogP contribution in [0, 0.1) is 0 Å². The van der Waals surface area contributed by atoms with E-state index < -0.39 is 39.6 Å². The molecule has 11 aromatic carbocycles. The number of hydrogen-bond donors (Lipinski definition) is 0. The van der Waals surface area contributed by atoms with Gasteiger partial charge in [-0.05, 0) is 180 Å². The van der Waals surface area contributed by atoms with Crippen LogP contribution in [0.4, 0.5) is 60.5 Å². The van der Waals surface area contributed by atoms with Crippen molar-refractivity contribution in [1.29, 1.82) is 0 Å². The Hall–Kier alpha value is -8.19. The van der Waals surface area contributed by atoms with Crippen molar-refractivity contribution in [2.24, 2.45) is 0 Å². The Kier molecular flexibility index (Phi) is 12.6. The maximum atomic E-state index is 14.2. The number of hydrogen-bond acceptors (Lipinski definition) is 2. The molecule has 0 heterocycles. The summed E-state index contributed by atoms with van der Waals surface area (Å²) in [5.74, 6) is -0.285. The highest BCUT2D eigenvalue weighted by atomic mass is 28.3. The predicted octanol–water partition coefficient (Wildman–Crippen LogP) is 20.0. The first-order chi connectivity index (χ1) is 37.7. The molecule has 0 aromatic heterocycles. The SMILES string of the molecule is C[Si](C)(C)c1ccc(N(c2ccc(-c3ccc(N(c4ccc(C(F)(F)F)cc4)c4ccc([Si](C)(C)C)cc4)cc3C3c4ccccc4-c4cc5c6ccccc6c6ccccc6c5cc43)cc2)c2ccc(C(F)(F)F)cc2)cc1. The summed E-state index contributed by atoms with van der Waals surface area (Å²) in [4.78, 5) is 4.03. The zero-order valence-corrected chi connectivity index (χ0v) is 46.6. The average molecular weight is 1080 g/mol. The zero-order valence-electron chi connectivity index (χ0n) is 44.6. The lowest BCUT2D eigenvalue weighted by Crippen LogP contribution is -2.37. The van der Waals surface area contributed by atoms with E-state index in [4.69, 9.17) is 0 Å². The van der Waals surface area contributed by atoms with Gasteiger partial charge in [-0.3, -0.25) is 0 Å². The molecule has 11 aromatic rings. The van der Waals surface area contributed by atoms with Gasteiger partial charge in [0.2, 0.25) is 0 Å². The van der Waals surface area contributed by atoms with Crippen LogP contribution in [-0.2, 0) is 12.4 Å². The average Bonchev–Trinajstić information content (AvgIpc) is 3.47. The number of benzene rings is 11. The summed E-state index contributed by atoms with van der Waals surface area (Å²) >= 11 is 0. The molecule has 1 aliphatic rings. The molecule has 0 saturated carbocycles. The van der Waals surface area contributed by atoms with E-state index >= 15 is 0 Å². The van der Waals surface area contributed by atoms with E-state index in [1.807, 2.05) is 40.1 Å². The van der Waals surface area contributed by atoms with Crippen LogP contribution in [0.2, 0.25) is 39.3 Å². The molecule has 392 valence electrons. The largest absolute Gasteiger partial charge is 0.416 e. The van der Waals surface area contributed by atoms with Gasteiger partial charge in [0.15, 0.2) is 0 Å². The van der Waals surface area contributed by atoms with Gasteiger partial charge in [-0.1, -0.05) is 165 Å².